The van der Waals surface area contributed by atoms with Crippen molar-refractivity contribution >= 4 is 17.8 Å². The summed E-state index contributed by atoms with van der Waals surface area (Å²) < 4.78 is 5.06. The van der Waals surface area contributed by atoms with Gasteiger partial charge in [0.05, 0.1) is 0 Å². The quantitative estimate of drug-likeness (QED) is 0.546. The predicted octanol–water partition coefficient (Wildman–Crippen LogP) is -0.717. The lowest BCUT2D eigenvalue weighted by molar-refractivity contribution is -0.153. The zero-order valence-corrected chi connectivity index (χ0v) is 7.49. The molecule has 0 radical (unpaired) electrons. The SMILES string of the molecule is O=C(O)C(=O)NC(=O)C1CCCCO1. The summed E-state index contributed by atoms with van der Waals surface area (Å²) >= 11 is 0. The van der Waals surface area contributed by atoms with Crippen molar-refractivity contribution in [3.8, 4) is 0 Å². The third-order valence-corrected chi connectivity index (χ3v) is 1.90. The molecule has 1 saturated heterocycles. The van der Waals surface area contributed by atoms with E-state index < -0.39 is 23.9 Å². The van der Waals surface area contributed by atoms with Crippen LogP contribution in [0.4, 0.5) is 0 Å². The van der Waals surface area contributed by atoms with Crippen molar-refractivity contribution < 1.29 is 24.2 Å². The Balaban J connectivity index is 2.40. The number of carbonyl (C=O) groups excluding carboxylic acids is 2. The third-order valence-electron chi connectivity index (χ3n) is 1.90. The highest BCUT2D eigenvalue weighted by molar-refractivity contribution is 6.34. The first-order valence-electron chi connectivity index (χ1n) is 4.31. The van der Waals surface area contributed by atoms with Crippen molar-refractivity contribution in [2.75, 3.05) is 6.61 Å². The maximum Gasteiger partial charge on any atom is 0.394 e. The number of nitrogens with one attached hydrogen (secondary N) is 1. The molecule has 14 heavy (non-hydrogen) atoms. The van der Waals surface area contributed by atoms with E-state index in [1.807, 2.05) is 0 Å². The molecule has 6 heteroatoms. The summed E-state index contributed by atoms with van der Waals surface area (Å²) in [5, 5.41) is 9.97. The van der Waals surface area contributed by atoms with Crippen LogP contribution in [0, 0.1) is 0 Å². The van der Waals surface area contributed by atoms with Gasteiger partial charge in [-0.2, -0.15) is 0 Å². The molecule has 6 nitrogen and oxygen atoms in total. The molecule has 78 valence electrons. The first-order valence-corrected chi connectivity index (χ1v) is 4.31. The second-order valence-corrected chi connectivity index (χ2v) is 2.98. The zero-order valence-electron chi connectivity index (χ0n) is 7.49. The summed E-state index contributed by atoms with van der Waals surface area (Å²) in [6, 6.07) is 0. The van der Waals surface area contributed by atoms with Crippen molar-refractivity contribution in [3.63, 3.8) is 0 Å². The molecular formula is C8H11NO5. The average molecular weight is 201 g/mol. The lowest BCUT2D eigenvalue weighted by Gasteiger charge is -2.20. The van der Waals surface area contributed by atoms with E-state index in [1.54, 1.807) is 5.32 Å². The highest BCUT2D eigenvalue weighted by Gasteiger charge is 2.25. The van der Waals surface area contributed by atoms with E-state index in [-0.39, 0.29) is 0 Å². The van der Waals surface area contributed by atoms with Crippen LogP contribution >= 0.6 is 0 Å². The van der Waals surface area contributed by atoms with Crippen molar-refractivity contribution in [2.45, 2.75) is 25.4 Å². The number of carboxylic acids is 1. The lowest BCUT2D eigenvalue weighted by Crippen LogP contribution is -2.44. The minimum atomic E-state index is -1.67. The summed E-state index contributed by atoms with van der Waals surface area (Å²) in [5.41, 5.74) is 0. The summed E-state index contributed by atoms with van der Waals surface area (Å²) in [7, 11) is 0. The monoisotopic (exact) mass is 201 g/mol. The van der Waals surface area contributed by atoms with Crippen LogP contribution in [-0.2, 0) is 19.1 Å². The fourth-order valence-corrected chi connectivity index (χ4v) is 1.19. The highest BCUT2D eigenvalue weighted by atomic mass is 16.5. The molecule has 0 aromatic heterocycles. The first-order chi connectivity index (χ1) is 6.61. The molecule has 1 atom stereocenters. The van der Waals surface area contributed by atoms with Gasteiger partial charge >= 0.3 is 11.9 Å². The fraction of sp³-hybridized carbons (Fsp3) is 0.625. The van der Waals surface area contributed by atoms with E-state index in [9.17, 15) is 14.4 Å². The van der Waals surface area contributed by atoms with Crippen molar-refractivity contribution in [1.82, 2.24) is 5.32 Å². The van der Waals surface area contributed by atoms with Gasteiger partial charge in [0.25, 0.3) is 5.91 Å². The van der Waals surface area contributed by atoms with Crippen molar-refractivity contribution in [3.05, 3.63) is 0 Å². The fourth-order valence-electron chi connectivity index (χ4n) is 1.19. The molecule has 1 fully saturated rings. The summed E-state index contributed by atoms with van der Waals surface area (Å²) in [6.07, 6.45) is 1.57. The topological polar surface area (TPSA) is 92.7 Å². The molecule has 1 rings (SSSR count). The molecular weight excluding hydrogens is 190 g/mol. The van der Waals surface area contributed by atoms with E-state index in [0.717, 1.165) is 12.8 Å². The van der Waals surface area contributed by atoms with Gasteiger partial charge in [-0.15, -0.1) is 0 Å². The zero-order chi connectivity index (χ0) is 10.6. The number of hydrogen-bond acceptors (Lipinski definition) is 4. The summed E-state index contributed by atoms with van der Waals surface area (Å²) in [4.78, 5) is 31.9. The molecule has 0 aliphatic carbocycles. The van der Waals surface area contributed by atoms with Crippen LogP contribution in [0.3, 0.4) is 0 Å². The van der Waals surface area contributed by atoms with Crippen LogP contribution in [0.2, 0.25) is 0 Å². The third kappa shape index (κ3) is 2.81. The average Bonchev–Trinajstić information content (AvgIpc) is 2.19. The Bertz CT molecular complexity index is 256. The van der Waals surface area contributed by atoms with Crippen molar-refractivity contribution in [1.29, 1.82) is 0 Å². The number of rotatable bonds is 1. The molecule has 0 saturated carbocycles. The van der Waals surface area contributed by atoms with Crippen LogP contribution in [-0.4, -0.2) is 35.6 Å². The van der Waals surface area contributed by atoms with Crippen LogP contribution in [0.1, 0.15) is 19.3 Å². The largest absolute Gasteiger partial charge is 0.474 e. The molecule has 0 bridgehead atoms. The van der Waals surface area contributed by atoms with Gasteiger partial charge in [0, 0.05) is 6.61 Å². The minimum Gasteiger partial charge on any atom is -0.474 e. The number of carbonyl (C=O) groups is 3. The van der Waals surface area contributed by atoms with Gasteiger partial charge in [0.1, 0.15) is 6.10 Å². The predicted molar refractivity (Wildman–Crippen MR) is 44.4 cm³/mol. The standard InChI is InChI=1S/C8H11NO5/c10-6(9-7(11)8(12)13)5-3-1-2-4-14-5/h5H,1-4H2,(H,12,13)(H,9,10,11). The molecule has 1 unspecified atom stereocenters. The van der Waals surface area contributed by atoms with E-state index in [2.05, 4.69) is 0 Å². The Hall–Kier alpha value is -1.43. The molecule has 0 spiro atoms. The number of hydrogen-bond donors (Lipinski definition) is 2. The number of ether oxygens (including phenoxy) is 1. The van der Waals surface area contributed by atoms with Crippen LogP contribution in [0.25, 0.3) is 0 Å². The molecule has 0 aromatic rings. The van der Waals surface area contributed by atoms with Gasteiger partial charge in [0.15, 0.2) is 0 Å². The van der Waals surface area contributed by atoms with E-state index in [1.165, 1.54) is 0 Å². The van der Waals surface area contributed by atoms with E-state index >= 15 is 0 Å². The van der Waals surface area contributed by atoms with Crippen LogP contribution in [0.15, 0.2) is 0 Å². The van der Waals surface area contributed by atoms with Crippen LogP contribution < -0.4 is 5.32 Å². The van der Waals surface area contributed by atoms with Gasteiger partial charge < -0.3 is 9.84 Å². The second kappa shape index (κ2) is 4.71. The minimum absolute atomic E-state index is 0.472. The Morgan fingerprint density at radius 3 is 2.50 bits per heavy atom. The summed E-state index contributed by atoms with van der Waals surface area (Å²) in [6.45, 7) is 0.472. The first kappa shape index (κ1) is 10.6. The highest BCUT2D eigenvalue weighted by Crippen LogP contribution is 2.12. The maximum absolute atomic E-state index is 11.2. The Labute approximate surface area is 80.2 Å². The molecule has 0 aromatic carbocycles. The number of imide groups is 1. The normalized spacial score (nSPS) is 21.3. The van der Waals surface area contributed by atoms with Gasteiger partial charge in [0.2, 0.25) is 0 Å². The Morgan fingerprint density at radius 2 is 2.00 bits per heavy atom. The molecule has 1 heterocycles. The number of amides is 2. The molecule has 1 aliphatic heterocycles. The Kier molecular flexibility index (Phi) is 3.58. The second-order valence-electron chi connectivity index (χ2n) is 2.98. The molecule has 2 amide bonds. The smallest absolute Gasteiger partial charge is 0.394 e. The molecule has 2 N–H and O–H groups in total. The number of aliphatic carboxylic acids is 1. The van der Waals surface area contributed by atoms with Crippen molar-refractivity contribution in [2.24, 2.45) is 0 Å². The maximum atomic E-state index is 11.2. The Morgan fingerprint density at radius 1 is 1.29 bits per heavy atom. The lowest BCUT2D eigenvalue weighted by atomic mass is 10.1. The van der Waals surface area contributed by atoms with Gasteiger partial charge in [-0.3, -0.25) is 14.9 Å². The number of carboxylic acid groups (broad SMARTS) is 1. The van der Waals surface area contributed by atoms with E-state index in [0.29, 0.717) is 13.0 Å². The summed E-state index contributed by atoms with van der Waals surface area (Å²) in [5.74, 6) is -3.66. The van der Waals surface area contributed by atoms with Gasteiger partial charge in [-0.25, -0.2) is 4.79 Å². The van der Waals surface area contributed by atoms with E-state index in [4.69, 9.17) is 9.84 Å². The van der Waals surface area contributed by atoms with Gasteiger partial charge in [-0.1, -0.05) is 0 Å². The molecule has 1 aliphatic rings. The van der Waals surface area contributed by atoms with Gasteiger partial charge in [-0.05, 0) is 19.3 Å². The van der Waals surface area contributed by atoms with Crippen LogP contribution in [0.5, 0.6) is 0 Å².